The van der Waals surface area contributed by atoms with Crippen molar-refractivity contribution in [2.75, 3.05) is 16.8 Å². The van der Waals surface area contributed by atoms with Crippen molar-refractivity contribution in [3.05, 3.63) is 23.8 Å². The van der Waals surface area contributed by atoms with E-state index in [-0.39, 0.29) is 24.8 Å². The number of nitrogens with zero attached hydrogens (tertiary/aromatic N) is 1. The molecule has 0 bridgehead atoms. The average Bonchev–Trinajstić information content (AvgIpc) is 2.31. The van der Waals surface area contributed by atoms with Gasteiger partial charge in [0.15, 0.2) is 0 Å². The Balaban J connectivity index is 2.32. The van der Waals surface area contributed by atoms with Crippen LogP contribution in [0.1, 0.15) is 18.9 Å². The summed E-state index contributed by atoms with van der Waals surface area (Å²) in [6.07, 6.45) is 0.835. The number of carbonyl (C=O) groups excluding carboxylic acids is 2. The minimum atomic E-state index is -1.05. The smallest absolute Gasteiger partial charge is 0.323 e. The van der Waals surface area contributed by atoms with Gasteiger partial charge in [-0.15, -0.1) is 0 Å². The molecular weight excluding hydrogens is 248 g/mol. The van der Waals surface area contributed by atoms with Crippen molar-refractivity contribution < 1.29 is 19.5 Å². The van der Waals surface area contributed by atoms with E-state index in [9.17, 15) is 14.4 Å². The van der Waals surface area contributed by atoms with E-state index in [0.29, 0.717) is 17.8 Å². The summed E-state index contributed by atoms with van der Waals surface area (Å²) in [5.74, 6) is -1.41. The van der Waals surface area contributed by atoms with Crippen LogP contribution in [0.5, 0.6) is 0 Å². The molecule has 0 spiro atoms. The largest absolute Gasteiger partial charge is 0.480 e. The molecule has 0 atom stereocenters. The molecule has 0 unspecified atom stereocenters. The van der Waals surface area contributed by atoms with Crippen molar-refractivity contribution >= 4 is 29.2 Å². The minimum Gasteiger partial charge on any atom is -0.480 e. The Bertz CT molecular complexity index is 554. The van der Waals surface area contributed by atoms with Crippen LogP contribution in [0.15, 0.2) is 18.2 Å². The van der Waals surface area contributed by atoms with Crippen LogP contribution in [0.4, 0.5) is 11.4 Å². The van der Waals surface area contributed by atoms with Crippen molar-refractivity contribution in [3.63, 3.8) is 0 Å². The predicted octanol–water partition coefficient (Wildman–Crippen LogP) is 1.01. The first-order valence-corrected chi connectivity index (χ1v) is 5.90. The molecule has 0 radical (unpaired) electrons. The number of aryl methyl sites for hydroxylation is 1. The first-order chi connectivity index (χ1) is 8.97. The molecule has 2 rings (SSSR count). The van der Waals surface area contributed by atoms with E-state index in [1.54, 1.807) is 18.2 Å². The Morgan fingerprint density at radius 3 is 2.74 bits per heavy atom. The van der Waals surface area contributed by atoms with Crippen molar-refractivity contribution in [2.24, 2.45) is 0 Å². The quantitative estimate of drug-likeness (QED) is 0.851. The number of hydrogen-bond acceptors (Lipinski definition) is 3. The number of anilines is 2. The van der Waals surface area contributed by atoms with Crippen molar-refractivity contribution in [1.29, 1.82) is 0 Å². The highest BCUT2D eigenvalue weighted by molar-refractivity contribution is 6.00. The molecule has 100 valence electrons. The van der Waals surface area contributed by atoms with Crippen LogP contribution in [0.2, 0.25) is 0 Å². The first-order valence-electron chi connectivity index (χ1n) is 5.90. The molecule has 1 heterocycles. The second-order valence-electron chi connectivity index (χ2n) is 4.40. The summed E-state index contributed by atoms with van der Waals surface area (Å²) in [7, 11) is 0. The number of fused-ring (bicyclic) bond motifs is 1. The Morgan fingerprint density at radius 2 is 2.11 bits per heavy atom. The molecule has 0 fully saturated rings. The zero-order valence-corrected chi connectivity index (χ0v) is 10.5. The van der Waals surface area contributed by atoms with Gasteiger partial charge in [0.05, 0.1) is 0 Å². The van der Waals surface area contributed by atoms with Gasteiger partial charge in [0.1, 0.15) is 6.54 Å². The Hall–Kier alpha value is -2.37. The molecule has 6 heteroatoms. The number of benzene rings is 1. The third-order valence-corrected chi connectivity index (χ3v) is 2.89. The zero-order chi connectivity index (χ0) is 14.0. The Labute approximate surface area is 110 Å². The van der Waals surface area contributed by atoms with Crippen molar-refractivity contribution in [2.45, 2.75) is 19.8 Å². The van der Waals surface area contributed by atoms with E-state index in [0.717, 1.165) is 5.56 Å². The lowest BCUT2D eigenvalue weighted by Crippen LogP contribution is -2.39. The second-order valence-corrected chi connectivity index (χ2v) is 4.40. The number of nitrogens with one attached hydrogen (secondary N) is 1. The van der Waals surface area contributed by atoms with Gasteiger partial charge in [-0.2, -0.15) is 0 Å². The SMILES string of the molecule is CC(=O)Nc1ccc2c(c1)CCC(=O)N2CC(=O)O. The van der Waals surface area contributed by atoms with E-state index in [1.165, 1.54) is 11.8 Å². The maximum Gasteiger partial charge on any atom is 0.323 e. The summed E-state index contributed by atoms with van der Waals surface area (Å²) in [6, 6.07) is 5.10. The molecule has 0 saturated heterocycles. The molecule has 0 aliphatic carbocycles. The molecule has 1 aromatic rings. The maximum atomic E-state index is 11.7. The molecule has 2 amide bonds. The number of hydrogen-bond donors (Lipinski definition) is 2. The summed E-state index contributed by atoms with van der Waals surface area (Å²) in [5, 5.41) is 11.5. The average molecular weight is 262 g/mol. The fourth-order valence-corrected chi connectivity index (χ4v) is 2.15. The number of aliphatic carboxylic acids is 1. The van der Waals surface area contributed by atoms with Gasteiger partial charge in [-0.25, -0.2) is 0 Å². The highest BCUT2D eigenvalue weighted by Crippen LogP contribution is 2.30. The van der Waals surface area contributed by atoms with Gasteiger partial charge < -0.3 is 15.3 Å². The zero-order valence-electron chi connectivity index (χ0n) is 10.5. The van der Waals surface area contributed by atoms with Crippen LogP contribution in [0.25, 0.3) is 0 Å². The number of carboxylic acid groups (broad SMARTS) is 1. The highest BCUT2D eigenvalue weighted by atomic mass is 16.4. The molecule has 0 saturated carbocycles. The lowest BCUT2D eigenvalue weighted by molar-refractivity contribution is -0.136. The maximum absolute atomic E-state index is 11.7. The molecule has 1 aromatic carbocycles. The third kappa shape index (κ3) is 2.90. The van der Waals surface area contributed by atoms with Gasteiger partial charge >= 0.3 is 5.97 Å². The van der Waals surface area contributed by atoms with Crippen molar-refractivity contribution in [3.8, 4) is 0 Å². The third-order valence-electron chi connectivity index (χ3n) is 2.89. The lowest BCUT2D eigenvalue weighted by atomic mass is 10.0. The number of carbonyl (C=O) groups is 3. The monoisotopic (exact) mass is 262 g/mol. The summed E-state index contributed by atoms with van der Waals surface area (Å²) < 4.78 is 0. The van der Waals surface area contributed by atoms with Gasteiger partial charge in [-0.1, -0.05) is 0 Å². The molecule has 2 N–H and O–H groups in total. The molecule has 0 aromatic heterocycles. The predicted molar refractivity (Wildman–Crippen MR) is 69.1 cm³/mol. The second kappa shape index (κ2) is 5.09. The van der Waals surface area contributed by atoms with Crippen LogP contribution >= 0.6 is 0 Å². The summed E-state index contributed by atoms with van der Waals surface area (Å²) in [5.41, 5.74) is 2.12. The number of rotatable bonds is 3. The van der Waals surface area contributed by atoms with Crippen LogP contribution in [0.3, 0.4) is 0 Å². The Kier molecular flexibility index (Phi) is 3.50. The summed E-state index contributed by atoms with van der Waals surface area (Å²) in [6.45, 7) is 1.07. The van der Waals surface area contributed by atoms with Gasteiger partial charge in [0, 0.05) is 24.7 Å². The van der Waals surface area contributed by atoms with E-state index >= 15 is 0 Å². The number of carboxylic acids is 1. The van der Waals surface area contributed by atoms with Crippen LogP contribution in [-0.4, -0.2) is 29.4 Å². The van der Waals surface area contributed by atoms with Crippen molar-refractivity contribution in [1.82, 2.24) is 0 Å². The molecular formula is C13H14N2O4. The van der Waals surface area contributed by atoms with Crippen LogP contribution in [0, 0.1) is 0 Å². The topological polar surface area (TPSA) is 86.7 Å². The van der Waals surface area contributed by atoms with Gasteiger partial charge in [0.2, 0.25) is 11.8 Å². The highest BCUT2D eigenvalue weighted by Gasteiger charge is 2.25. The van der Waals surface area contributed by atoms with Gasteiger partial charge in [0.25, 0.3) is 0 Å². The normalized spacial score (nSPS) is 13.9. The standard InChI is InChI=1S/C13H14N2O4/c1-8(16)14-10-3-4-11-9(6-10)2-5-12(17)15(11)7-13(18)19/h3-4,6H,2,5,7H2,1H3,(H,14,16)(H,18,19). The van der Waals surface area contributed by atoms with Crippen LogP contribution < -0.4 is 10.2 Å². The summed E-state index contributed by atoms with van der Waals surface area (Å²) in [4.78, 5) is 34.8. The van der Waals surface area contributed by atoms with Gasteiger partial charge in [-0.3, -0.25) is 14.4 Å². The molecule has 19 heavy (non-hydrogen) atoms. The van der Waals surface area contributed by atoms with E-state index < -0.39 is 5.97 Å². The fraction of sp³-hybridized carbons (Fsp3) is 0.308. The summed E-state index contributed by atoms with van der Waals surface area (Å²) >= 11 is 0. The molecule has 1 aliphatic rings. The Morgan fingerprint density at radius 1 is 1.37 bits per heavy atom. The van der Waals surface area contributed by atoms with Gasteiger partial charge in [-0.05, 0) is 30.2 Å². The number of amides is 2. The lowest BCUT2D eigenvalue weighted by Gasteiger charge is -2.28. The molecule has 1 aliphatic heterocycles. The van der Waals surface area contributed by atoms with E-state index in [4.69, 9.17) is 5.11 Å². The van der Waals surface area contributed by atoms with E-state index in [2.05, 4.69) is 5.32 Å². The van der Waals surface area contributed by atoms with E-state index in [1.807, 2.05) is 0 Å². The minimum absolute atomic E-state index is 0.172. The molecule has 6 nitrogen and oxygen atoms in total. The van der Waals surface area contributed by atoms with Crippen LogP contribution in [-0.2, 0) is 20.8 Å². The fourth-order valence-electron chi connectivity index (χ4n) is 2.15. The first kappa shape index (κ1) is 13.1.